The Morgan fingerprint density at radius 1 is 0.500 bits per heavy atom. The third-order valence-corrected chi connectivity index (χ3v) is 7.43. The summed E-state index contributed by atoms with van der Waals surface area (Å²) >= 11 is 0. The first-order valence-corrected chi connectivity index (χ1v) is 16.6. The second kappa shape index (κ2) is 26.6. The molecule has 0 bridgehead atoms. The molecule has 1 unspecified atom stereocenters. The number of rotatable bonds is 17. The summed E-state index contributed by atoms with van der Waals surface area (Å²) in [5, 5.41) is 0. The lowest BCUT2D eigenvalue weighted by atomic mass is 10.0. The standard InChI is InChI=1S/C34H60O6/c1-2-3-4-5-6-7-8-9-10-11-12-13-14-15-16-17-20-32-31-38-28-27-36-24-23-35-25-26-37-29-30-39-33-21-18-19-22-34(33)40-32/h18-19,21-22,32H,2-17,20,23-31H2,1H3. The maximum Gasteiger partial charge on any atom is 0.161 e. The van der Waals surface area contributed by atoms with Gasteiger partial charge in [-0.1, -0.05) is 115 Å². The molecule has 0 N–H and O–H groups in total. The minimum atomic E-state index is -0.00476. The quantitative estimate of drug-likeness (QED) is 0.177. The molecule has 1 atom stereocenters. The summed E-state index contributed by atoms with van der Waals surface area (Å²) in [6, 6.07) is 7.90. The Kier molecular flexibility index (Phi) is 23.1. The summed E-state index contributed by atoms with van der Waals surface area (Å²) in [5.74, 6) is 1.53. The van der Waals surface area contributed by atoms with Crippen LogP contribution in [0.5, 0.6) is 11.5 Å². The van der Waals surface area contributed by atoms with Crippen LogP contribution in [0.25, 0.3) is 0 Å². The van der Waals surface area contributed by atoms with Crippen LogP contribution in [0.4, 0.5) is 0 Å². The zero-order valence-corrected chi connectivity index (χ0v) is 25.7. The molecule has 0 aliphatic carbocycles. The molecule has 0 fully saturated rings. The highest BCUT2D eigenvalue weighted by Gasteiger charge is 2.14. The van der Waals surface area contributed by atoms with Crippen LogP contribution in [0, 0.1) is 0 Å². The van der Waals surface area contributed by atoms with Crippen molar-refractivity contribution in [2.24, 2.45) is 0 Å². The van der Waals surface area contributed by atoms with E-state index in [1.54, 1.807) is 0 Å². The van der Waals surface area contributed by atoms with Crippen LogP contribution < -0.4 is 9.47 Å². The Morgan fingerprint density at radius 2 is 0.925 bits per heavy atom. The molecule has 0 radical (unpaired) electrons. The molecule has 1 aromatic carbocycles. The number of ether oxygens (including phenoxy) is 6. The van der Waals surface area contributed by atoms with Crippen molar-refractivity contribution in [3.05, 3.63) is 24.3 Å². The molecule has 1 aliphatic heterocycles. The Morgan fingerprint density at radius 3 is 1.45 bits per heavy atom. The van der Waals surface area contributed by atoms with E-state index in [2.05, 4.69) is 6.92 Å². The van der Waals surface area contributed by atoms with Crippen molar-refractivity contribution in [1.82, 2.24) is 0 Å². The average Bonchev–Trinajstić information content (AvgIpc) is 2.97. The molecule has 6 nitrogen and oxygen atoms in total. The summed E-state index contributed by atoms with van der Waals surface area (Å²) in [6.45, 7) is 7.19. The fourth-order valence-corrected chi connectivity index (χ4v) is 5.03. The largest absolute Gasteiger partial charge is 0.487 e. The van der Waals surface area contributed by atoms with E-state index in [-0.39, 0.29) is 6.10 Å². The van der Waals surface area contributed by atoms with E-state index in [4.69, 9.17) is 28.4 Å². The number of para-hydroxylation sites is 2. The van der Waals surface area contributed by atoms with Gasteiger partial charge in [0.15, 0.2) is 11.5 Å². The zero-order chi connectivity index (χ0) is 28.2. The Hall–Kier alpha value is -1.34. The molecule has 0 saturated carbocycles. The molecule has 40 heavy (non-hydrogen) atoms. The Balaban J connectivity index is 1.60. The van der Waals surface area contributed by atoms with E-state index in [9.17, 15) is 0 Å². The van der Waals surface area contributed by atoms with Crippen LogP contribution in [0.3, 0.4) is 0 Å². The summed E-state index contributed by atoms with van der Waals surface area (Å²) in [5.41, 5.74) is 0. The van der Waals surface area contributed by atoms with Crippen molar-refractivity contribution in [2.45, 2.75) is 122 Å². The molecule has 0 spiro atoms. The van der Waals surface area contributed by atoms with Gasteiger partial charge in [-0.15, -0.1) is 0 Å². The van der Waals surface area contributed by atoms with Gasteiger partial charge in [-0.25, -0.2) is 0 Å². The summed E-state index contributed by atoms with van der Waals surface area (Å²) < 4.78 is 35.1. The highest BCUT2D eigenvalue weighted by molar-refractivity contribution is 5.39. The van der Waals surface area contributed by atoms with Gasteiger partial charge in [0, 0.05) is 0 Å². The van der Waals surface area contributed by atoms with Crippen molar-refractivity contribution in [2.75, 3.05) is 59.5 Å². The molecule has 1 heterocycles. The van der Waals surface area contributed by atoms with E-state index in [1.165, 1.54) is 96.3 Å². The summed E-state index contributed by atoms with van der Waals surface area (Å²) in [4.78, 5) is 0. The lowest BCUT2D eigenvalue weighted by Crippen LogP contribution is -2.25. The van der Waals surface area contributed by atoms with Crippen molar-refractivity contribution in [3.8, 4) is 11.5 Å². The first kappa shape index (κ1) is 34.9. The Labute approximate surface area is 245 Å². The van der Waals surface area contributed by atoms with Crippen LogP contribution in [-0.4, -0.2) is 65.6 Å². The number of hydrogen-bond donors (Lipinski definition) is 0. The maximum absolute atomic E-state index is 6.41. The molecular formula is C34H60O6. The number of benzene rings is 1. The fraction of sp³-hybridized carbons (Fsp3) is 0.824. The zero-order valence-electron chi connectivity index (χ0n) is 25.7. The summed E-state index contributed by atoms with van der Waals surface area (Å²) in [7, 11) is 0. The number of fused-ring (bicyclic) bond motifs is 1. The Bertz CT molecular complexity index is 670. The normalized spacial score (nSPS) is 18.2. The van der Waals surface area contributed by atoms with Crippen molar-refractivity contribution in [1.29, 1.82) is 0 Å². The van der Waals surface area contributed by atoms with E-state index < -0.39 is 0 Å². The minimum absolute atomic E-state index is 0.00476. The molecule has 2 rings (SSSR count). The van der Waals surface area contributed by atoms with Gasteiger partial charge in [0.25, 0.3) is 0 Å². The highest BCUT2D eigenvalue weighted by Crippen LogP contribution is 2.28. The molecular weight excluding hydrogens is 504 g/mol. The van der Waals surface area contributed by atoms with E-state index in [0.29, 0.717) is 59.5 Å². The first-order chi connectivity index (χ1) is 19.9. The second-order valence-corrected chi connectivity index (χ2v) is 11.0. The third-order valence-electron chi connectivity index (χ3n) is 7.43. The van der Waals surface area contributed by atoms with E-state index in [0.717, 1.165) is 24.3 Å². The van der Waals surface area contributed by atoms with Gasteiger partial charge in [0.05, 0.1) is 52.9 Å². The first-order valence-electron chi connectivity index (χ1n) is 16.6. The van der Waals surface area contributed by atoms with E-state index >= 15 is 0 Å². The molecule has 0 saturated heterocycles. The van der Waals surface area contributed by atoms with Gasteiger partial charge in [0.1, 0.15) is 12.7 Å². The fourth-order valence-electron chi connectivity index (χ4n) is 5.03. The predicted molar refractivity (Wildman–Crippen MR) is 164 cm³/mol. The highest BCUT2D eigenvalue weighted by atomic mass is 16.6. The average molecular weight is 565 g/mol. The lowest BCUT2D eigenvalue weighted by Gasteiger charge is -2.21. The van der Waals surface area contributed by atoms with Gasteiger partial charge < -0.3 is 28.4 Å². The monoisotopic (exact) mass is 564 g/mol. The molecule has 1 aromatic rings. The van der Waals surface area contributed by atoms with Crippen molar-refractivity contribution in [3.63, 3.8) is 0 Å². The molecule has 232 valence electrons. The van der Waals surface area contributed by atoms with Crippen molar-refractivity contribution < 1.29 is 28.4 Å². The van der Waals surface area contributed by atoms with Crippen LogP contribution in [0.1, 0.15) is 116 Å². The van der Waals surface area contributed by atoms with E-state index in [1.807, 2.05) is 24.3 Å². The van der Waals surface area contributed by atoms with Gasteiger partial charge >= 0.3 is 0 Å². The van der Waals surface area contributed by atoms with Gasteiger partial charge in [-0.2, -0.15) is 0 Å². The maximum atomic E-state index is 6.41. The topological polar surface area (TPSA) is 55.4 Å². The third kappa shape index (κ3) is 19.7. The number of hydrogen-bond acceptors (Lipinski definition) is 6. The van der Waals surface area contributed by atoms with Crippen LogP contribution >= 0.6 is 0 Å². The summed E-state index contributed by atoms with van der Waals surface area (Å²) in [6.07, 6.45) is 23.0. The smallest absolute Gasteiger partial charge is 0.161 e. The molecule has 6 heteroatoms. The SMILES string of the molecule is CCCCCCCCCCCCCCCCCCC1COCCOCCOCCOCCOc2ccccc2O1. The van der Waals surface area contributed by atoms with Gasteiger partial charge in [-0.05, 0) is 25.0 Å². The predicted octanol–water partition coefficient (Wildman–Crippen LogP) is 8.54. The number of unbranched alkanes of at least 4 members (excludes halogenated alkanes) is 15. The van der Waals surface area contributed by atoms with Crippen LogP contribution in [0.2, 0.25) is 0 Å². The minimum Gasteiger partial charge on any atom is -0.487 e. The van der Waals surface area contributed by atoms with Crippen LogP contribution in [0.15, 0.2) is 24.3 Å². The van der Waals surface area contributed by atoms with Gasteiger partial charge in [-0.3, -0.25) is 0 Å². The second-order valence-electron chi connectivity index (χ2n) is 11.0. The van der Waals surface area contributed by atoms with Gasteiger partial charge in [0.2, 0.25) is 0 Å². The molecule has 1 aliphatic rings. The lowest BCUT2D eigenvalue weighted by molar-refractivity contribution is -0.0181. The molecule has 0 amide bonds. The molecule has 0 aromatic heterocycles. The van der Waals surface area contributed by atoms with Crippen LogP contribution in [-0.2, 0) is 18.9 Å². The van der Waals surface area contributed by atoms with Crippen molar-refractivity contribution >= 4 is 0 Å².